The summed E-state index contributed by atoms with van der Waals surface area (Å²) in [5.74, 6) is 0.343. The van der Waals surface area contributed by atoms with E-state index in [4.69, 9.17) is 0 Å². The topological polar surface area (TPSA) is 66.5 Å². The predicted molar refractivity (Wildman–Crippen MR) is 95.2 cm³/mol. The fourth-order valence-corrected chi connectivity index (χ4v) is 4.71. The Kier molecular flexibility index (Phi) is 5.25. The third-order valence-electron chi connectivity index (χ3n) is 5.19. The van der Waals surface area contributed by atoms with Gasteiger partial charge in [0.15, 0.2) is 0 Å². The average Bonchev–Trinajstić information content (AvgIpc) is 2.61. The van der Waals surface area contributed by atoms with E-state index in [1.807, 2.05) is 18.2 Å². The molecule has 5 nitrogen and oxygen atoms in total. The van der Waals surface area contributed by atoms with Gasteiger partial charge in [-0.3, -0.25) is 4.79 Å². The zero-order chi connectivity index (χ0) is 17.2. The van der Waals surface area contributed by atoms with Crippen molar-refractivity contribution in [1.29, 1.82) is 0 Å². The highest BCUT2D eigenvalue weighted by Crippen LogP contribution is 2.27. The molecule has 0 aromatic heterocycles. The molecular formula is C18H26N2O3S. The predicted octanol–water partition coefficient (Wildman–Crippen LogP) is 2.91. The van der Waals surface area contributed by atoms with Gasteiger partial charge in [-0.25, -0.2) is 8.42 Å². The number of fused-ring (bicyclic) bond motifs is 1. The van der Waals surface area contributed by atoms with Crippen LogP contribution in [0, 0.1) is 5.92 Å². The van der Waals surface area contributed by atoms with Crippen LogP contribution >= 0.6 is 0 Å². The molecule has 0 bridgehead atoms. The summed E-state index contributed by atoms with van der Waals surface area (Å²) < 4.78 is 25.7. The van der Waals surface area contributed by atoms with E-state index in [9.17, 15) is 13.2 Å². The van der Waals surface area contributed by atoms with Crippen molar-refractivity contribution >= 4 is 21.6 Å². The summed E-state index contributed by atoms with van der Waals surface area (Å²) in [4.78, 5) is 12.4. The van der Waals surface area contributed by atoms with Crippen LogP contribution in [-0.2, 0) is 27.8 Å². The zero-order valence-corrected chi connectivity index (χ0v) is 15.1. The van der Waals surface area contributed by atoms with Gasteiger partial charge in [-0.1, -0.05) is 25.3 Å². The van der Waals surface area contributed by atoms with E-state index < -0.39 is 10.0 Å². The van der Waals surface area contributed by atoms with E-state index in [2.05, 4.69) is 5.32 Å². The lowest BCUT2D eigenvalue weighted by Crippen LogP contribution is -2.37. The molecule has 1 heterocycles. The van der Waals surface area contributed by atoms with Crippen LogP contribution in [0.15, 0.2) is 18.2 Å². The van der Waals surface area contributed by atoms with Crippen LogP contribution in [0.5, 0.6) is 0 Å². The van der Waals surface area contributed by atoms with Gasteiger partial charge in [-0.15, -0.1) is 0 Å². The number of nitrogens with zero attached hydrogens (tertiary/aromatic N) is 1. The van der Waals surface area contributed by atoms with Crippen LogP contribution in [0.4, 0.5) is 5.69 Å². The second-order valence-corrected chi connectivity index (χ2v) is 9.05. The summed E-state index contributed by atoms with van der Waals surface area (Å²) in [6.07, 6.45) is 6.16. The Morgan fingerprint density at radius 3 is 2.67 bits per heavy atom. The first-order chi connectivity index (χ1) is 11.5. The molecule has 1 aromatic carbocycles. The number of sulfonamides is 1. The van der Waals surface area contributed by atoms with Gasteiger partial charge in [0.05, 0.1) is 5.75 Å². The minimum absolute atomic E-state index is 0.100. The van der Waals surface area contributed by atoms with E-state index in [0.29, 0.717) is 13.1 Å². The van der Waals surface area contributed by atoms with Gasteiger partial charge in [0.25, 0.3) is 0 Å². The molecule has 0 saturated heterocycles. The summed E-state index contributed by atoms with van der Waals surface area (Å²) >= 11 is 0. The molecule has 1 N–H and O–H groups in total. The summed E-state index contributed by atoms with van der Waals surface area (Å²) in [5.41, 5.74) is 2.95. The highest BCUT2D eigenvalue weighted by molar-refractivity contribution is 7.89. The molecule has 132 valence electrons. The third kappa shape index (κ3) is 3.81. The maximum atomic E-state index is 12.4. The maximum Gasteiger partial charge on any atom is 0.227 e. The van der Waals surface area contributed by atoms with Gasteiger partial charge >= 0.3 is 0 Å². The van der Waals surface area contributed by atoms with Gasteiger partial charge in [0.1, 0.15) is 0 Å². The quantitative estimate of drug-likeness (QED) is 0.908. The van der Waals surface area contributed by atoms with Gasteiger partial charge < -0.3 is 5.32 Å². The maximum absolute atomic E-state index is 12.4. The highest BCUT2D eigenvalue weighted by Gasteiger charge is 2.26. The van der Waals surface area contributed by atoms with Crippen LogP contribution < -0.4 is 5.32 Å². The Balaban J connectivity index is 1.71. The molecule has 24 heavy (non-hydrogen) atoms. The number of benzene rings is 1. The van der Waals surface area contributed by atoms with E-state index in [0.717, 1.165) is 43.4 Å². The van der Waals surface area contributed by atoms with Crippen LogP contribution in [0.2, 0.25) is 0 Å². The molecule has 1 saturated carbocycles. The molecule has 3 rings (SSSR count). The second kappa shape index (κ2) is 7.23. The molecule has 1 amide bonds. The molecule has 1 aromatic rings. The fraction of sp³-hybridized carbons (Fsp3) is 0.611. The first-order valence-corrected chi connectivity index (χ1v) is 10.5. The lowest BCUT2D eigenvalue weighted by molar-refractivity contribution is -0.120. The minimum Gasteiger partial charge on any atom is -0.326 e. The summed E-state index contributed by atoms with van der Waals surface area (Å²) in [6, 6.07) is 5.89. The number of hydrogen-bond donors (Lipinski definition) is 1. The molecule has 0 spiro atoms. The normalized spacial score (nSPS) is 19.7. The second-order valence-electron chi connectivity index (χ2n) is 6.79. The Bertz CT molecular complexity index is 709. The van der Waals surface area contributed by atoms with E-state index in [-0.39, 0.29) is 17.6 Å². The summed E-state index contributed by atoms with van der Waals surface area (Å²) in [7, 11) is -3.17. The molecular weight excluding hydrogens is 324 g/mol. The van der Waals surface area contributed by atoms with Crippen LogP contribution in [-0.4, -0.2) is 30.9 Å². The van der Waals surface area contributed by atoms with Gasteiger partial charge in [0, 0.05) is 24.7 Å². The Hall–Kier alpha value is -1.40. The third-order valence-corrected chi connectivity index (χ3v) is 7.01. The van der Waals surface area contributed by atoms with Gasteiger partial charge in [-0.05, 0) is 49.4 Å². The van der Waals surface area contributed by atoms with E-state index in [1.165, 1.54) is 12.0 Å². The molecule has 0 atom stereocenters. The van der Waals surface area contributed by atoms with Crippen molar-refractivity contribution < 1.29 is 13.2 Å². The van der Waals surface area contributed by atoms with Crippen molar-refractivity contribution in [2.45, 2.75) is 52.0 Å². The van der Waals surface area contributed by atoms with Crippen molar-refractivity contribution in [3.05, 3.63) is 29.3 Å². The lowest BCUT2D eigenvalue weighted by atomic mass is 9.88. The Morgan fingerprint density at radius 2 is 1.96 bits per heavy atom. The lowest BCUT2D eigenvalue weighted by Gasteiger charge is -2.28. The van der Waals surface area contributed by atoms with Crippen LogP contribution in [0.25, 0.3) is 0 Å². The number of anilines is 1. The minimum atomic E-state index is -3.17. The molecule has 1 fully saturated rings. The van der Waals surface area contributed by atoms with Gasteiger partial charge in [-0.2, -0.15) is 4.31 Å². The molecule has 0 unspecified atom stereocenters. The van der Waals surface area contributed by atoms with Gasteiger partial charge in [0.2, 0.25) is 15.9 Å². The van der Waals surface area contributed by atoms with Crippen molar-refractivity contribution in [3.63, 3.8) is 0 Å². The van der Waals surface area contributed by atoms with Crippen molar-refractivity contribution in [3.8, 4) is 0 Å². The zero-order valence-electron chi connectivity index (χ0n) is 14.3. The number of rotatable bonds is 4. The number of nitrogens with one attached hydrogen (secondary N) is 1. The van der Waals surface area contributed by atoms with E-state index in [1.54, 1.807) is 11.2 Å². The van der Waals surface area contributed by atoms with Crippen molar-refractivity contribution in [2.75, 3.05) is 17.6 Å². The standard InChI is InChI=1S/C18H26N2O3S/c1-2-24(22,23)20-11-10-14-8-9-17(12-16(14)13-20)19-18(21)15-6-4-3-5-7-15/h8-9,12,15H,2-7,10-11,13H2,1H3,(H,19,21). The molecule has 6 heteroatoms. The number of carbonyl (C=O) groups is 1. The first kappa shape index (κ1) is 17.4. The van der Waals surface area contributed by atoms with E-state index >= 15 is 0 Å². The Labute approximate surface area is 144 Å². The fourth-order valence-electron chi connectivity index (χ4n) is 3.64. The number of hydrogen-bond acceptors (Lipinski definition) is 3. The molecule has 1 aliphatic carbocycles. The SMILES string of the molecule is CCS(=O)(=O)N1CCc2ccc(NC(=O)C3CCCCC3)cc2C1. The molecule has 0 radical (unpaired) electrons. The van der Waals surface area contributed by atoms with Crippen molar-refractivity contribution in [1.82, 2.24) is 4.31 Å². The first-order valence-electron chi connectivity index (χ1n) is 8.90. The van der Waals surface area contributed by atoms with Crippen LogP contribution in [0.3, 0.4) is 0 Å². The average molecular weight is 350 g/mol. The number of amides is 1. The van der Waals surface area contributed by atoms with Crippen LogP contribution in [0.1, 0.15) is 50.2 Å². The molecule has 1 aliphatic heterocycles. The van der Waals surface area contributed by atoms with Crippen molar-refractivity contribution in [2.24, 2.45) is 5.92 Å². The highest BCUT2D eigenvalue weighted by atomic mass is 32.2. The number of carbonyl (C=O) groups excluding carboxylic acids is 1. The summed E-state index contributed by atoms with van der Waals surface area (Å²) in [6.45, 7) is 2.61. The largest absolute Gasteiger partial charge is 0.326 e. The molecule has 2 aliphatic rings. The summed E-state index contributed by atoms with van der Waals surface area (Å²) in [5, 5.41) is 3.02. The smallest absolute Gasteiger partial charge is 0.227 e. The monoisotopic (exact) mass is 350 g/mol. The Morgan fingerprint density at radius 1 is 1.21 bits per heavy atom.